The van der Waals surface area contributed by atoms with Crippen LogP contribution in [0.5, 0.6) is 0 Å². The number of amides is 1. The third-order valence-electron chi connectivity index (χ3n) is 5.14. The van der Waals surface area contributed by atoms with Crippen molar-refractivity contribution in [3.05, 3.63) is 12.2 Å². The number of hydrogen-bond donors (Lipinski definition) is 0. The van der Waals surface area contributed by atoms with Crippen molar-refractivity contribution in [3.8, 4) is 0 Å². The Morgan fingerprint density at radius 2 is 2.22 bits per heavy atom. The fraction of sp³-hybridized carbons (Fsp3) is 0.812. The summed E-state index contributed by atoms with van der Waals surface area (Å²) in [5.41, 5.74) is 0.366. The minimum absolute atomic E-state index is 0.366. The van der Waals surface area contributed by atoms with Gasteiger partial charge in [0.1, 0.15) is 0 Å². The van der Waals surface area contributed by atoms with Crippen LogP contribution in [-0.4, -0.2) is 23.9 Å². The maximum absolute atomic E-state index is 12.0. The first-order valence-corrected chi connectivity index (χ1v) is 7.58. The van der Waals surface area contributed by atoms with Crippen molar-refractivity contribution in [3.63, 3.8) is 0 Å². The van der Waals surface area contributed by atoms with Gasteiger partial charge in [-0.1, -0.05) is 26.0 Å². The first-order valence-electron chi connectivity index (χ1n) is 7.58. The van der Waals surface area contributed by atoms with Crippen LogP contribution >= 0.6 is 0 Å². The van der Waals surface area contributed by atoms with Gasteiger partial charge in [0, 0.05) is 19.0 Å². The van der Waals surface area contributed by atoms with Crippen LogP contribution in [0.1, 0.15) is 46.0 Å². The molecule has 3 rings (SSSR count). The molecule has 18 heavy (non-hydrogen) atoms. The Kier molecular flexibility index (Phi) is 2.99. The second kappa shape index (κ2) is 4.40. The van der Waals surface area contributed by atoms with Gasteiger partial charge in [0.15, 0.2) is 0 Å². The molecule has 0 aromatic rings. The average molecular weight is 247 g/mol. The lowest BCUT2D eigenvalue weighted by Gasteiger charge is -2.19. The van der Waals surface area contributed by atoms with Gasteiger partial charge in [-0.3, -0.25) is 4.79 Å². The first-order chi connectivity index (χ1) is 8.64. The second-order valence-corrected chi connectivity index (χ2v) is 6.84. The van der Waals surface area contributed by atoms with Crippen LogP contribution in [0.2, 0.25) is 0 Å². The summed E-state index contributed by atoms with van der Waals surface area (Å²) in [4.78, 5) is 14.2. The number of allylic oxidation sites excluding steroid dienone is 2. The highest BCUT2D eigenvalue weighted by molar-refractivity contribution is 5.85. The molecule has 3 aliphatic rings. The average Bonchev–Trinajstić information content (AvgIpc) is 3.20. The molecule has 1 aliphatic heterocycles. The predicted molar refractivity (Wildman–Crippen MR) is 73.1 cm³/mol. The lowest BCUT2D eigenvalue weighted by Crippen LogP contribution is -2.31. The molecule has 4 unspecified atom stereocenters. The molecule has 0 aromatic heterocycles. The van der Waals surface area contributed by atoms with Crippen LogP contribution in [0, 0.1) is 23.2 Å². The Morgan fingerprint density at radius 3 is 2.89 bits per heavy atom. The summed E-state index contributed by atoms with van der Waals surface area (Å²) in [6, 6.07) is 0. The predicted octanol–water partition coefficient (Wildman–Crippen LogP) is 3.24. The lowest BCUT2D eigenvalue weighted by atomic mass is 10.1. The minimum Gasteiger partial charge on any atom is -0.342 e. The van der Waals surface area contributed by atoms with Crippen molar-refractivity contribution in [2.75, 3.05) is 13.1 Å². The van der Waals surface area contributed by atoms with E-state index in [-0.39, 0.29) is 0 Å². The van der Waals surface area contributed by atoms with Crippen molar-refractivity contribution < 1.29 is 4.79 Å². The molecule has 0 radical (unpaired) electrons. The fourth-order valence-electron chi connectivity index (χ4n) is 3.62. The van der Waals surface area contributed by atoms with Crippen molar-refractivity contribution in [1.82, 2.24) is 4.90 Å². The maximum atomic E-state index is 12.0. The zero-order chi connectivity index (χ0) is 12.8. The van der Waals surface area contributed by atoms with Crippen LogP contribution in [0.4, 0.5) is 0 Å². The minimum atomic E-state index is 0.366. The first kappa shape index (κ1) is 12.3. The quantitative estimate of drug-likeness (QED) is 0.660. The van der Waals surface area contributed by atoms with E-state index in [1.54, 1.807) is 0 Å². The standard InChI is InChI=1S/C16H25NO/c1-3-4-5-6-7-12-8-13(12)10-17-11-16(2)9-14(16)15(17)18/h4-5,12-14H,3,6-11H2,1-2H3/b5-4-. The molecule has 1 amide bonds. The SMILES string of the molecule is CC/C=C\CCC1CC1CN1CC2(C)CC2C1=O. The van der Waals surface area contributed by atoms with Gasteiger partial charge in [-0.15, -0.1) is 0 Å². The Balaban J connectivity index is 1.38. The molecule has 0 bridgehead atoms. The summed E-state index contributed by atoms with van der Waals surface area (Å²) in [7, 11) is 0. The highest BCUT2D eigenvalue weighted by atomic mass is 16.2. The second-order valence-electron chi connectivity index (χ2n) is 6.84. The van der Waals surface area contributed by atoms with Crippen molar-refractivity contribution in [2.45, 2.75) is 46.0 Å². The third kappa shape index (κ3) is 2.22. The summed E-state index contributed by atoms with van der Waals surface area (Å²) in [5, 5.41) is 0. The Morgan fingerprint density at radius 1 is 1.39 bits per heavy atom. The Bertz CT molecular complexity index is 375. The molecule has 0 spiro atoms. The van der Waals surface area contributed by atoms with E-state index in [2.05, 4.69) is 30.9 Å². The van der Waals surface area contributed by atoms with E-state index in [1.165, 1.54) is 19.3 Å². The van der Waals surface area contributed by atoms with E-state index in [9.17, 15) is 4.79 Å². The number of piperidine rings is 1. The molecule has 0 aromatic carbocycles. The Hall–Kier alpha value is -0.790. The molecule has 100 valence electrons. The Labute approximate surface area is 110 Å². The molecule has 2 aliphatic carbocycles. The van der Waals surface area contributed by atoms with E-state index in [0.29, 0.717) is 17.2 Å². The fourth-order valence-corrected chi connectivity index (χ4v) is 3.62. The van der Waals surface area contributed by atoms with Crippen LogP contribution < -0.4 is 0 Å². The van der Waals surface area contributed by atoms with Crippen LogP contribution in [0.3, 0.4) is 0 Å². The van der Waals surface area contributed by atoms with Crippen molar-refractivity contribution in [1.29, 1.82) is 0 Å². The van der Waals surface area contributed by atoms with Gasteiger partial charge in [-0.25, -0.2) is 0 Å². The molecule has 1 saturated heterocycles. The van der Waals surface area contributed by atoms with E-state index in [1.807, 2.05) is 0 Å². The van der Waals surface area contributed by atoms with Gasteiger partial charge < -0.3 is 4.90 Å². The van der Waals surface area contributed by atoms with Crippen LogP contribution in [0.25, 0.3) is 0 Å². The van der Waals surface area contributed by atoms with Crippen molar-refractivity contribution in [2.24, 2.45) is 23.2 Å². The van der Waals surface area contributed by atoms with Gasteiger partial charge >= 0.3 is 0 Å². The third-order valence-corrected chi connectivity index (χ3v) is 5.14. The molecule has 1 heterocycles. The molecular weight excluding hydrogens is 222 g/mol. The van der Waals surface area contributed by atoms with Crippen LogP contribution in [-0.2, 0) is 4.79 Å². The van der Waals surface area contributed by atoms with E-state index < -0.39 is 0 Å². The summed E-state index contributed by atoms with van der Waals surface area (Å²) < 4.78 is 0. The number of carbonyl (C=O) groups is 1. The van der Waals surface area contributed by atoms with Gasteiger partial charge in [0.2, 0.25) is 5.91 Å². The maximum Gasteiger partial charge on any atom is 0.226 e. The molecule has 3 fully saturated rings. The zero-order valence-electron chi connectivity index (χ0n) is 11.7. The van der Waals surface area contributed by atoms with E-state index in [0.717, 1.165) is 37.8 Å². The van der Waals surface area contributed by atoms with E-state index in [4.69, 9.17) is 0 Å². The number of likely N-dealkylation sites (tertiary alicyclic amines) is 1. The molecule has 4 atom stereocenters. The number of hydrogen-bond acceptors (Lipinski definition) is 1. The number of carbonyl (C=O) groups excluding carboxylic acids is 1. The van der Waals surface area contributed by atoms with Gasteiger partial charge in [0.05, 0.1) is 0 Å². The van der Waals surface area contributed by atoms with Crippen molar-refractivity contribution >= 4 is 5.91 Å². The molecule has 2 nitrogen and oxygen atoms in total. The summed E-state index contributed by atoms with van der Waals surface area (Å²) in [5.74, 6) is 2.55. The summed E-state index contributed by atoms with van der Waals surface area (Å²) >= 11 is 0. The molecular formula is C16H25NO. The van der Waals surface area contributed by atoms with E-state index >= 15 is 0 Å². The highest BCUT2D eigenvalue weighted by Crippen LogP contribution is 2.58. The topological polar surface area (TPSA) is 20.3 Å². The van der Waals surface area contributed by atoms with Gasteiger partial charge in [0.25, 0.3) is 0 Å². The lowest BCUT2D eigenvalue weighted by molar-refractivity contribution is -0.130. The summed E-state index contributed by atoms with van der Waals surface area (Å²) in [6.07, 6.45) is 10.8. The molecule has 2 saturated carbocycles. The van der Waals surface area contributed by atoms with Gasteiger partial charge in [-0.2, -0.15) is 0 Å². The van der Waals surface area contributed by atoms with Crippen LogP contribution in [0.15, 0.2) is 12.2 Å². The number of nitrogens with zero attached hydrogens (tertiary/aromatic N) is 1. The normalized spacial score (nSPS) is 41.6. The largest absolute Gasteiger partial charge is 0.342 e. The highest BCUT2D eigenvalue weighted by Gasteiger charge is 2.62. The van der Waals surface area contributed by atoms with Gasteiger partial charge in [-0.05, 0) is 49.4 Å². The molecule has 2 heteroatoms. The summed E-state index contributed by atoms with van der Waals surface area (Å²) in [6.45, 7) is 6.54. The number of fused-ring (bicyclic) bond motifs is 1. The number of rotatable bonds is 6. The monoisotopic (exact) mass is 247 g/mol. The smallest absolute Gasteiger partial charge is 0.226 e. The molecule has 0 N–H and O–H groups in total. The zero-order valence-corrected chi connectivity index (χ0v) is 11.7.